The van der Waals surface area contributed by atoms with Gasteiger partial charge in [-0.2, -0.15) is 0 Å². The molecule has 2 rings (SSSR count). The lowest BCUT2D eigenvalue weighted by Crippen LogP contribution is -2.10. The molecule has 0 atom stereocenters. The third-order valence-electron chi connectivity index (χ3n) is 2.22. The van der Waals surface area contributed by atoms with Gasteiger partial charge in [-0.1, -0.05) is 0 Å². The van der Waals surface area contributed by atoms with Gasteiger partial charge < -0.3 is 16.0 Å². The first-order valence-electron chi connectivity index (χ1n) is 5.30. The lowest BCUT2D eigenvalue weighted by molar-refractivity contribution is 0.864. The van der Waals surface area contributed by atoms with Crippen molar-refractivity contribution in [2.45, 2.75) is 6.42 Å². The van der Waals surface area contributed by atoms with E-state index >= 15 is 0 Å². The second-order valence-corrected chi connectivity index (χ2v) is 3.45. The summed E-state index contributed by atoms with van der Waals surface area (Å²) in [5.74, 6) is 0.642. The fourth-order valence-electron chi connectivity index (χ4n) is 1.37. The van der Waals surface area contributed by atoms with Gasteiger partial charge in [-0.15, -0.1) is 0 Å². The second-order valence-electron chi connectivity index (χ2n) is 3.45. The van der Waals surface area contributed by atoms with E-state index in [9.17, 15) is 0 Å². The standard InChI is InChI=1S/C11H15N5/c12-4-2-6-14-11-15-7-9(8-16-11)10-3-1-5-13-10/h1,3,5,7-8,13H,2,4,6,12H2,(H,14,15,16). The molecule has 0 spiro atoms. The number of nitrogens with one attached hydrogen (secondary N) is 2. The van der Waals surface area contributed by atoms with Crippen LogP contribution >= 0.6 is 0 Å². The molecule has 0 saturated carbocycles. The Kier molecular flexibility index (Phi) is 3.50. The van der Waals surface area contributed by atoms with Crippen LogP contribution in [0.3, 0.4) is 0 Å². The molecule has 0 saturated heterocycles. The highest BCUT2D eigenvalue weighted by Gasteiger charge is 1.99. The maximum Gasteiger partial charge on any atom is 0.222 e. The van der Waals surface area contributed by atoms with Crippen LogP contribution in [-0.4, -0.2) is 28.0 Å². The molecule has 0 aliphatic carbocycles. The molecule has 0 aliphatic rings. The molecule has 0 radical (unpaired) electrons. The monoisotopic (exact) mass is 217 g/mol. The van der Waals surface area contributed by atoms with Crippen molar-refractivity contribution in [3.63, 3.8) is 0 Å². The topological polar surface area (TPSA) is 79.6 Å². The Hall–Kier alpha value is -1.88. The average Bonchev–Trinajstić information content (AvgIpc) is 2.84. The normalized spacial score (nSPS) is 10.3. The van der Waals surface area contributed by atoms with Crippen molar-refractivity contribution < 1.29 is 0 Å². The van der Waals surface area contributed by atoms with Crippen molar-refractivity contribution in [3.05, 3.63) is 30.7 Å². The molecule has 0 unspecified atom stereocenters. The number of aromatic amines is 1. The van der Waals surface area contributed by atoms with E-state index in [0.29, 0.717) is 12.5 Å². The van der Waals surface area contributed by atoms with Crippen LogP contribution in [0.2, 0.25) is 0 Å². The molecule has 2 aromatic heterocycles. The van der Waals surface area contributed by atoms with E-state index in [1.807, 2.05) is 18.3 Å². The summed E-state index contributed by atoms with van der Waals surface area (Å²) >= 11 is 0. The van der Waals surface area contributed by atoms with Gasteiger partial charge in [0, 0.05) is 36.4 Å². The number of nitrogens with two attached hydrogens (primary N) is 1. The van der Waals surface area contributed by atoms with Gasteiger partial charge in [-0.05, 0) is 25.1 Å². The average molecular weight is 217 g/mol. The number of anilines is 1. The Morgan fingerprint density at radius 2 is 2.12 bits per heavy atom. The molecule has 4 N–H and O–H groups in total. The first-order valence-corrected chi connectivity index (χ1v) is 5.30. The fraction of sp³-hybridized carbons (Fsp3) is 0.273. The molecule has 0 amide bonds. The summed E-state index contributed by atoms with van der Waals surface area (Å²) in [4.78, 5) is 11.6. The van der Waals surface area contributed by atoms with E-state index in [2.05, 4.69) is 20.3 Å². The minimum absolute atomic E-state index is 0.642. The Morgan fingerprint density at radius 3 is 2.75 bits per heavy atom. The smallest absolute Gasteiger partial charge is 0.222 e. The van der Waals surface area contributed by atoms with Gasteiger partial charge in [0.2, 0.25) is 5.95 Å². The van der Waals surface area contributed by atoms with Gasteiger partial charge in [0.05, 0.1) is 0 Å². The van der Waals surface area contributed by atoms with Gasteiger partial charge in [-0.25, -0.2) is 9.97 Å². The molecule has 5 nitrogen and oxygen atoms in total. The Bertz CT molecular complexity index is 406. The van der Waals surface area contributed by atoms with E-state index in [4.69, 9.17) is 5.73 Å². The molecule has 2 heterocycles. The molecule has 16 heavy (non-hydrogen) atoms. The summed E-state index contributed by atoms with van der Waals surface area (Å²) in [5, 5.41) is 3.11. The van der Waals surface area contributed by atoms with Crippen LogP contribution in [0.15, 0.2) is 30.7 Å². The van der Waals surface area contributed by atoms with E-state index in [-0.39, 0.29) is 0 Å². The summed E-state index contributed by atoms with van der Waals surface area (Å²) in [6.45, 7) is 1.48. The SMILES string of the molecule is NCCCNc1ncc(-c2ccc[nH]2)cn1. The highest BCUT2D eigenvalue weighted by Crippen LogP contribution is 2.14. The van der Waals surface area contributed by atoms with Gasteiger partial charge >= 0.3 is 0 Å². The Morgan fingerprint density at radius 1 is 1.31 bits per heavy atom. The van der Waals surface area contributed by atoms with Gasteiger partial charge in [0.1, 0.15) is 0 Å². The zero-order valence-electron chi connectivity index (χ0n) is 8.98. The quantitative estimate of drug-likeness (QED) is 0.658. The molecule has 0 fully saturated rings. The van der Waals surface area contributed by atoms with E-state index in [1.165, 1.54) is 0 Å². The Labute approximate surface area is 94.1 Å². The second kappa shape index (κ2) is 5.27. The minimum Gasteiger partial charge on any atom is -0.361 e. The maximum atomic E-state index is 5.40. The fourth-order valence-corrected chi connectivity index (χ4v) is 1.37. The van der Waals surface area contributed by atoms with Crippen LogP contribution in [0.25, 0.3) is 11.3 Å². The first kappa shape index (κ1) is 10.6. The molecule has 2 aromatic rings. The Balaban J connectivity index is 2.00. The maximum absolute atomic E-state index is 5.40. The molecular weight excluding hydrogens is 202 g/mol. The zero-order chi connectivity index (χ0) is 11.2. The summed E-state index contributed by atoms with van der Waals surface area (Å²) < 4.78 is 0. The van der Waals surface area contributed by atoms with Crippen LogP contribution < -0.4 is 11.1 Å². The summed E-state index contributed by atoms with van der Waals surface area (Å²) in [7, 11) is 0. The molecule has 84 valence electrons. The third kappa shape index (κ3) is 2.58. The highest BCUT2D eigenvalue weighted by atomic mass is 15.1. The number of rotatable bonds is 5. The van der Waals surface area contributed by atoms with Crippen molar-refractivity contribution in [2.24, 2.45) is 5.73 Å². The van der Waals surface area contributed by atoms with Crippen LogP contribution in [0.5, 0.6) is 0 Å². The van der Waals surface area contributed by atoms with Crippen LogP contribution in [0.1, 0.15) is 6.42 Å². The lowest BCUT2D eigenvalue weighted by Gasteiger charge is -2.03. The van der Waals surface area contributed by atoms with Crippen molar-refractivity contribution in [2.75, 3.05) is 18.4 Å². The van der Waals surface area contributed by atoms with Gasteiger partial charge in [0.15, 0.2) is 0 Å². The lowest BCUT2D eigenvalue weighted by atomic mass is 10.2. The summed E-state index contributed by atoms with van der Waals surface area (Å²) in [6, 6.07) is 3.93. The van der Waals surface area contributed by atoms with Crippen molar-refractivity contribution in [1.82, 2.24) is 15.0 Å². The number of hydrogen-bond acceptors (Lipinski definition) is 4. The van der Waals surface area contributed by atoms with E-state index in [1.54, 1.807) is 12.4 Å². The van der Waals surface area contributed by atoms with Gasteiger partial charge in [0.25, 0.3) is 0 Å². The largest absolute Gasteiger partial charge is 0.361 e. The van der Waals surface area contributed by atoms with E-state index in [0.717, 1.165) is 24.2 Å². The molecule has 0 bridgehead atoms. The predicted molar refractivity (Wildman–Crippen MR) is 64.0 cm³/mol. The van der Waals surface area contributed by atoms with Crippen LogP contribution in [-0.2, 0) is 0 Å². The number of hydrogen-bond donors (Lipinski definition) is 3. The summed E-state index contributed by atoms with van der Waals surface area (Å²) in [5.41, 5.74) is 7.40. The van der Waals surface area contributed by atoms with Crippen molar-refractivity contribution in [1.29, 1.82) is 0 Å². The number of aromatic nitrogens is 3. The van der Waals surface area contributed by atoms with Crippen LogP contribution in [0.4, 0.5) is 5.95 Å². The number of nitrogens with zero attached hydrogens (tertiary/aromatic N) is 2. The number of H-pyrrole nitrogens is 1. The molecule has 0 aliphatic heterocycles. The summed E-state index contributed by atoms with van der Waals surface area (Å²) in [6.07, 6.45) is 6.39. The van der Waals surface area contributed by atoms with Crippen molar-refractivity contribution in [3.8, 4) is 11.3 Å². The predicted octanol–water partition coefficient (Wildman–Crippen LogP) is 1.23. The molecule has 0 aromatic carbocycles. The molecular formula is C11H15N5. The first-order chi connectivity index (χ1) is 7.90. The highest BCUT2D eigenvalue weighted by molar-refractivity contribution is 5.57. The molecule has 5 heteroatoms. The zero-order valence-corrected chi connectivity index (χ0v) is 8.98. The van der Waals surface area contributed by atoms with E-state index < -0.39 is 0 Å². The van der Waals surface area contributed by atoms with Crippen LogP contribution in [0, 0.1) is 0 Å². The van der Waals surface area contributed by atoms with Gasteiger partial charge in [-0.3, -0.25) is 0 Å². The minimum atomic E-state index is 0.642. The third-order valence-corrected chi connectivity index (χ3v) is 2.22. The van der Waals surface area contributed by atoms with Crippen molar-refractivity contribution >= 4 is 5.95 Å².